The summed E-state index contributed by atoms with van der Waals surface area (Å²) in [5.41, 5.74) is -0.0561. The summed E-state index contributed by atoms with van der Waals surface area (Å²) >= 11 is 6.33. The molecule has 2 aliphatic heterocycles. The highest BCUT2D eigenvalue weighted by molar-refractivity contribution is 6.36. The van der Waals surface area contributed by atoms with Crippen LogP contribution in [0.5, 0.6) is 6.01 Å². The Morgan fingerprint density at radius 3 is 2.72 bits per heavy atom. The predicted octanol–water partition coefficient (Wildman–Crippen LogP) is 5.62. The lowest BCUT2D eigenvalue weighted by Crippen LogP contribution is -2.56. The van der Waals surface area contributed by atoms with Crippen LogP contribution >= 0.6 is 11.6 Å². The first-order valence-electron chi connectivity index (χ1n) is 14.5. The van der Waals surface area contributed by atoms with Crippen LogP contribution < -0.4 is 9.64 Å². The van der Waals surface area contributed by atoms with Gasteiger partial charge in [0.1, 0.15) is 41.7 Å². The van der Waals surface area contributed by atoms with Crippen molar-refractivity contribution in [3.63, 3.8) is 0 Å². The van der Waals surface area contributed by atoms with Crippen molar-refractivity contribution in [2.45, 2.75) is 24.7 Å². The fraction of sp³-hybridized carbons (Fsp3) is 0.344. The fourth-order valence-corrected chi connectivity index (χ4v) is 6.38. The van der Waals surface area contributed by atoms with Gasteiger partial charge in [0.2, 0.25) is 6.54 Å². The zero-order valence-electron chi connectivity index (χ0n) is 24.7. The van der Waals surface area contributed by atoms with E-state index in [0.717, 1.165) is 0 Å². The normalized spacial score (nSPS) is 20.3. The Morgan fingerprint density at radius 2 is 2.00 bits per heavy atom. The summed E-state index contributed by atoms with van der Waals surface area (Å²) < 4.78 is 65.3. The Hall–Kier alpha value is -4.54. The number of fused-ring (bicyclic) bond motifs is 2. The number of benzene rings is 2. The SMILES string of the molecule is [C-]#[N+]C[C@H]1CN(c2nc(OC[C@@H]3[C@@H](F)CCN3C)nc3c(F)c(-c4cccc5ccc(F)c(Cl)c45)ncc23)CCN1C(=O)C(=C)F. The van der Waals surface area contributed by atoms with Gasteiger partial charge in [0.05, 0.1) is 16.5 Å². The van der Waals surface area contributed by atoms with Gasteiger partial charge in [-0.15, -0.1) is 0 Å². The number of pyridine rings is 1. The lowest BCUT2D eigenvalue weighted by atomic mass is 10.0. The van der Waals surface area contributed by atoms with Crippen molar-refractivity contribution in [1.29, 1.82) is 0 Å². The zero-order chi connectivity index (χ0) is 32.7. The van der Waals surface area contributed by atoms with Crippen LogP contribution in [-0.4, -0.2) is 95.3 Å². The first-order valence-corrected chi connectivity index (χ1v) is 14.9. The average molecular weight is 654 g/mol. The Bertz CT molecular complexity index is 1890. The molecule has 0 bridgehead atoms. The van der Waals surface area contributed by atoms with Crippen molar-refractivity contribution in [2.75, 3.05) is 51.3 Å². The summed E-state index contributed by atoms with van der Waals surface area (Å²) in [5, 5.41) is 0.866. The number of amides is 1. The third kappa shape index (κ3) is 5.67. The summed E-state index contributed by atoms with van der Waals surface area (Å²) in [4.78, 5) is 34.0. The van der Waals surface area contributed by atoms with Crippen molar-refractivity contribution in [1.82, 2.24) is 24.8 Å². The number of rotatable bonds is 7. The van der Waals surface area contributed by atoms with Crippen LogP contribution in [0.25, 0.3) is 37.8 Å². The molecule has 4 aromatic rings. The second-order valence-corrected chi connectivity index (χ2v) is 11.7. The average Bonchev–Trinajstić information content (AvgIpc) is 3.37. The fourth-order valence-electron chi connectivity index (χ4n) is 6.11. The molecule has 0 unspecified atom stereocenters. The summed E-state index contributed by atoms with van der Waals surface area (Å²) in [5.74, 6) is -3.36. The molecule has 0 aliphatic carbocycles. The van der Waals surface area contributed by atoms with E-state index < -0.39 is 41.6 Å². The third-order valence-corrected chi connectivity index (χ3v) is 8.90. The van der Waals surface area contributed by atoms with Gasteiger partial charge in [0.25, 0.3) is 5.91 Å². The number of piperazine rings is 1. The number of carbonyl (C=O) groups excluding carboxylic acids is 1. The van der Waals surface area contributed by atoms with Crippen LogP contribution in [0.15, 0.2) is 48.9 Å². The molecule has 2 aliphatic rings. The molecule has 2 aromatic heterocycles. The minimum Gasteiger partial charge on any atom is -0.462 e. The van der Waals surface area contributed by atoms with E-state index in [1.807, 2.05) is 4.90 Å². The minimum absolute atomic E-state index is 0.0358. The number of likely N-dealkylation sites (N-methyl/N-ethyl adjacent to an activating group) is 1. The van der Waals surface area contributed by atoms with E-state index in [-0.39, 0.29) is 77.2 Å². The monoisotopic (exact) mass is 653 g/mol. The standard InChI is InChI=1S/C32H28ClF4N7O2/c1-17(34)31(45)44-12-11-43(15-19(44)13-38-2)30-21-14-39-28(20-6-4-5-18-7-8-23(36)26(33)25(18)20)27(37)29(21)40-32(41-30)46-16-24-22(35)9-10-42(24)3/h4-8,14,19,22,24H,1,9-13,15-16H2,3H3/t19-,22-,24+/m0/s1. The van der Waals surface area contributed by atoms with Crippen LogP contribution in [0, 0.1) is 18.2 Å². The van der Waals surface area contributed by atoms with Crippen LogP contribution in [0.1, 0.15) is 6.42 Å². The van der Waals surface area contributed by atoms with Gasteiger partial charge in [0.15, 0.2) is 11.6 Å². The topological polar surface area (TPSA) is 79.1 Å². The van der Waals surface area contributed by atoms with Gasteiger partial charge in [-0.2, -0.15) is 9.97 Å². The second kappa shape index (κ2) is 12.7. The summed E-state index contributed by atoms with van der Waals surface area (Å²) in [6, 6.07) is 6.23. The van der Waals surface area contributed by atoms with Gasteiger partial charge in [-0.25, -0.2) is 24.1 Å². The molecular formula is C32H28ClF4N7O2. The number of hydrogen-bond acceptors (Lipinski definition) is 7. The molecule has 9 nitrogen and oxygen atoms in total. The Kier molecular flexibility index (Phi) is 8.67. The molecule has 6 rings (SSSR count). The smallest absolute Gasteiger partial charge is 0.319 e. The quantitative estimate of drug-likeness (QED) is 0.146. The number of carbonyl (C=O) groups is 1. The molecule has 0 N–H and O–H groups in total. The second-order valence-electron chi connectivity index (χ2n) is 11.3. The van der Waals surface area contributed by atoms with Crippen molar-refractivity contribution in [3.8, 4) is 17.3 Å². The van der Waals surface area contributed by atoms with Gasteiger partial charge < -0.3 is 19.4 Å². The number of halogens is 5. The maximum absolute atomic E-state index is 16.6. The Morgan fingerprint density at radius 1 is 1.20 bits per heavy atom. The van der Waals surface area contributed by atoms with Gasteiger partial charge in [-0.05, 0) is 24.9 Å². The van der Waals surface area contributed by atoms with Crippen molar-refractivity contribution < 1.29 is 27.1 Å². The van der Waals surface area contributed by atoms with E-state index in [2.05, 4.69) is 26.4 Å². The molecule has 2 saturated heterocycles. The highest BCUT2D eigenvalue weighted by atomic mass is 35.5. The van der Waals surface area contributed by atoms with E-state index in [1.165, 1.54) is 23.2 Å². The van der Waals surface area contributed by atoms with Crippen molar-refractivity contribution in [2.24, 2.45) is 0 Å². The highest BCUT2D eigenvalue weighted by Gasteiger charge is 2.36. The number of anilines is 1. The first kappa shape index (κ1) is 31.4. The number of nitrogens with zero attached hydrogens (tertiary/aromatic N) is 7. The molecule has 14 heteroatoms. The lowest BCUT2D eigenvalue weighted by Gasteiger charge is -2.39. The van der Waals surface area contributed by atoms with Gasteiger partial charge >= 0.3 is 6.01 Å². The van der Waals surface area contributed by atoms with Crippen LogP contribution in [0.4, 0.5) is 23.4 Å². The first-order chi connectivity index (χ1) is 22.1. The zero-order valence-corrected chi connectivity index (χ0v) is 25.4. The van der Waals surface area contributed by atoms with E-state index >= 15 is 4.39 Å². The maximum atomic E-state index is 16.6. The minimum atomic E-state index is -1.14. The number of likely N-dealkylation sites (tertiary alicyclic amines) is 1. The van der Waals surface area contributed by atoms with Gasteiger partial charge in [-0.3, -0.25) is 14.7 Å². The Labute approximate surface area is 266 Å². The molecular weight excluding hydrogens is 626 g/mol. The maximum Gasteiger partial charge on any atom is 0.319 e. The summed E-state index contributed by atoms with van der Waals surface area (Å²) in [6.45, 7) is 11.1. The van der Waals surface area contributed by atoms with Crippen LogP contribution in [-0.2, 0) is 4.79 Å². The summed E-state index contributed by atoms with van der Waals surface area (Å²) in [6.07, 6.45) is 0.605. The number of hydrogen-bond donors (Lipinski definition) is 0. The molecule has 3 atom stereocenters. The van der Waals surface area contributed by atoms with E-state index in [4.69, 9.17) is 22.9 Å². The number of aromatic nitrogens is 3. The third-order valence-electron chi connectivity index (χ3n) is 8.54. The summed E-state index contributed by atoms with van der Waals surface area (Å²) in [7, 11) is 1.78. The number of ether oxygens (including phenoxy) is 1. The molecule has 0 radical (unpaired) electrons. The lowest BCUT2D eigenvalue weighted by molar-refractivity contribution is -0.131. The predicted molar refractivity (Wildman–Crippen MR) is 166 cm³/mol. The molecule has 0 saturated carbocycles. The van der Waals surface area contributed by atoms with Gasteiger partial charge in [-0.1, -0.05) is 42.4 Å². The highest BCUT2D eigenvalue weighted by Crippen LogP contribution is 2.38. The van der Waals surface area contributed by atoms with E-state index in [9.17, 15) is 18.0 Å². The Balaban J connectivity index is 1.47. The number of alkyl halides is 1. The van der Waals surface area contributed by atoms with E-state index in [1.54, 1.807) is 30.1 Å². The van der Waals surface area contributed by atoms with Crippen LogP contribution in [0.2, 0.25) is 5.02 Å². The van der Waals surface area contributed by atoms with Crippen LogP contribution in [0.3, 0.4) is 0 Å². The molecule has 46 heavy (non-hydrogen) atoms. The van der Waals surface area contributed by atoms with Crippen molar-refractivity contribution in [3.05, 3.63) is 77.0 Å². The van der Waals surface area contributed by atoms with Crippen molar-refractivity contribution >= 4 is 45.0 Å². The van der Waals surface area contributed by atoms with Gasteiger partial charge in [0, 0.05) is 43.3 Å². The largest absolute Gasteiger partial charge is 0.462 e. The molecule has 0 spiro atoms. The molecule has 2 fully saturated rings. The molecule has 238 valence electrons. The molecule has 1 amide bonds. The van der Waals surface area contributed by atoms with E-state index in [0.29, 0.717) is 18.4 Å². The molecule has 4 heterocycles. The molecule has 2 aromatic carbocycles.